The van der Waals surface area contributed by atoms with Crippen molar-refractivity contribution >= 4 is 23.2 Å². The van der Waals surface area contributed by atoms with Crippen LogP contribution in [0.4, 0.5) is 4.39 Å². The molecule has 0 radical (unpaired) electrons. The molecule has 0 unspecified atom stereocenters. The van der Waals surface area contributed by atoms with E-state index in [-0.39, 0.29) is 19.0 Å². The van der Waals surface area contributed by atoms with Gasteiger partial charge < -0.3 is 9.84 Å². The van der Waals surface area contributed by atoms with Crippen LogP contribution in [0, 0.1) is 17.7 Å². The predicted octanol–water partition coefficient (Wildman–Crippen LogP) is 4.06. The molecule has 0 aliphatic heterocycles. The van der Waals surface area contributed by atoms with Gasteiger partial charge in [-0.1, -0.05) is 41.1 Å². The molecule has 0 saturated heterocycles. The minimum atomic E-state index is -0.482. The largest absolute Gasteiger partial charge is 0.486 e. The van der Waals surface area contributed by atoms with Gasteiger partial charge in [-0.25, -0.2) is 4.39 Å². The van der Waals surface area contributed by atoms with Gasteiger partial charge in [0.15, 0.2) is 11.6 Å². The molecule has 0 atom stereocenters. The minimum Gasteiger partial charge on any atom is -0.486 e. The first-order valence-electron chi connectivity index (χ1n) is 6.06. The van der Waals surface area contributed by atoms with Crippen molar-refractivity contribution in [3.05, 3.63) is 63.4 Å². The third-order valence-corrected chi connectivity index (χ3v) is 3.36. The van der Waals surface area contributed by atoms with Crippen molar-refractivity contribution in [2.24, 2.45) is 0 Å². The Hall–Kier alpha value is -1.73. The topological polar surface area (TPSA) is 29.5 Å². The highest BCUT2D eigenvalue weighted by atomic mass is 35.5. The molecule has 21 heavy (non-hydrogen) atoms. The molecule has 0 amide bonds. The fourth-order valence-corrected chi connectivity index (χ4v) is 1.94. The number of aliphatic hydroxyl groups is 1. The normalized spacial score (nSPS) is 9.90. The van der Waals surface area contributed by atoms with Crippen molar-refractivity contribution in [3.8, 4) is 17.6 Å². The van der Waals surface area contributed by atoms with E-state index in [1.807, 2.05) is 0 Å². The van der Waals surface area contributed by atoms with Gasteiger partial charge in [0, 0.05) is 5.56 Å². The second-order valence-corrected chi connectivity index (χ2v) is 4.96. The Morgan fingerprint density at radius 3 is 2.62 bits per heavy atom. The number of halogens is 3. The average Bonchev–Trinajstić information content (AvgIpc) is 2.48. The quantitative estimate of drug-likeness (QED) is 0.863. The van der Waals surface area contributed by atoms with Crippen LogP contribution in [0.1, 0.15) is 11.1 Å². The lowest BCUT2D eigenvalue weighted by molar-refractivity contribution is 0.290. The van der Waals surface area contributed by atoms with Gasteiger partial charge >= 0.3 is 0 Å². The zero-order valence-corrected chi connectivity index (χ0v) is 12.4. The zero-order valence-electron chi connectivity index (χ0n) is 10.9. The van der Waals surface area contributed by atoms with Gasteiger partial charge in [-0.05, 0) is 35.9 Å². The van der Waals surface area contributed by atoms with Crippen molar-refractivity contribution in [3.63, 3.8) is 0 Å². The van der Waals surface area contributed by atoms with Crippen LogP contribution in [-0.2, 0) is 6.61 Å². The first-order valence-corrected chi connectivity index (χ1v) is 6.82. The van der Waals surface area contributed by atoms with Crippen LogP contribution in [0.3, 0.4) is 0 Å². The summed E-state index contributed by atoms with van der Waals surface area (Å²) >= 11 is 11.7. The Morgan fingerprint density at radius 2 is 1.90 bits per heavy atom. The molecule has 0 heterocycles. The molecule has 0 aromatic heterocycles. The minimum absolute atomic E-state index is 0.0887. The number of benzene rings is 2. The Bertz CT molecular complexity index is 705. The Balaban J connectivity index is 2.13. The molecule has 0 fully saturated rings. The zero-order chi connectivity index (χ0) is 15.2. The average molecular weight is 325 g/mol. The lowest BCUT2D eigenvalue weighted by Crippen LogP contribution is -1.98. The number of ether oxygens (including phenoxy) is 1. The van der Waals surface area contributed by atoms with Crippen molar-refractivity contribution in [1.82, 2.24) is 0 Å². The van der Waals surface area contributed by atoms with Crippen LogP contribution in [0.2, 0.25) is 10.0 Å². The molecule has 0 aliphatic rings. The monoisotopic (exact) mass is 324 g/mol. The maximum atomic E-state index is 13.7. The van der Waals surface area contributed by atoms with Gasteiger partial charge in [-0.2, -0.15) is 0 Å². The van der Waals surface area contributed by atoms with E-state index in [2.05, 4.69) is 11.8 Å². The first-order chi connectivity index (χ1) is 10.1. The second-order valence-electron chi connectivity index (χ2n) is 4.14. The third-order valence-electron chi connectivity index (χ3n) is 2.62. The van der Waals surface area contributed by atoms with Crippen LogP contribution in [-0.4, -0.2) is 11.7 Å². The van der Waals surface area contributed by atoms with Gasteiger partial charge in [0.2, 0.25) is 0 Å². The predicted molar refractivity (Wildman–Crippen MR) is 81.2 cm³/mol. The fourth-order valence-electron chi connectivity index (χ4n) is 1.62. The number of rotatable bonds is 3. The van der Waals surface area contributed by atoms with Crippen molar-refractivity contribution in [1.29, 1.82) is 0 Å². The lowest BCUT2D eigenvalue weighted by Gasteiger charge is -2.08. The Morgan fingerprint density at radius 1 is 1.10 bits per heavy atom. The summed E-state index contributed by atoms with van der Waals surface area (Å²) in [6, 6.07) is 9.34. The van der Waals surface area contributed by atoms with Crippen LogP contribution < -0.4 is 4.74 Å². The molecule has 2 nitrogen and oxygen atoms in total. The summed E-state index contributed by atoms with van der Waals surface area (Å²) in [6.45, 7) is -0.0957. The van der Waals surface area contributed by atoms with E-state index in [0.29, 0.717) is 15.6 Å². The first kappa shape index (κ1) is 15.7. The summed E-state index contributed by atoms with van der Waals surface area (Å²) in [7, 11) is 0. The summed E-state index contributed by atoms with van der Waals surface area (Å²) in [4.78, 5) is 0. The van der Waals surface area contributed by atoms with E-state index in [0.717, 1.165) is 5.56 Å². The second kappa shape index (κ2) is 7.33. The molecular formula is C16H11Cl2FO2. The van der Waals surface area contributed by atoms with Gasteiger partial charge in [0.05, 0.1) is 10.0 Å². The highest BCUT2D eigenvalue weighted by molar-refractivity contribution is 6.42. The third kappa shape index (κ3) is 4.37. The molecule has 108 valence electrons. The van der Waals surface area contributed by atoms with Gasteiger partial charge in [-0.15, -0.1) is 0 Å². The molecule has 0 aliphatic carbocycles. The van der Waals surface area contributed by atoms with Gasteiger partial charge in [0.25, 0.3) is 0 Å². The SMILES string of the molecule is OCC#Cc1ccc(F)c(OCc2ccc(Cl)c(Cl)c2)c1. The van der Waals surface area contributed by atoms with E-state index >= 15 is 0 Å². The fraction of sp³-hybridized carbons (Fsp3) is 0.125. The van der Waals surface area contributed by atoms with E-state index in [4.69, 9.17) is 33.0 Å². The smallest absolute Gasteiger partial charge is 0.165 e. The van der Waals surface area contributed by atoms with Crippen LogP contribution in [0.25, 0.3) is 0 Å². The standard InChI is InChI=1S/C16H11Cl2FO2/c17-13-5-3-12(8-14(13)18)10-21-16-9-11(2-1-7-20)4-6-15(16)19/h3-6,8-9,20H,7,10H2. The summed E-state index contributed by atoms with van der Waals surface area (Å²) in [5, 5.41) is 9.52. The molecule has 0 bridgehead atoms. The number of aliphatic hydroxyl groups excluding tert-OH is 1. The molecule has 2 aromatic carbocycles. The van der Waals surface area contributed by atoms with Gasteiger partial charge in [0.1, 0.15) is 13.2 Å². The van der Waals surface area contributed by atoms with Crippen molar-refractivity contribution in [2.45, 2.75) is 6.61 Å². The van der Waals surface area contributed by atoms with E-state index < -0.39 is 5.82 Å². The maximum Gasteiger partial charge on any atom is 0.165 e. The Kier molecular flexibility index (Phi) is 5.46. The highest BCUT2D eigenvalue weighted by Gasteiger charge is 2.06. The lowest BCUT2D eigenvalue weighted by atomic mass is 10.2. The van der Waals surface area contributed by atoms with E-state index in [1.54, 1.807) is 18.2 Å². The molecule has 2 rings (SSSR count). The Labute approximate surface area is 132 Å². The molecule has 0 spiro atoms. The molecule has 0 saturated carbocycles. The molecule has 2 aromatic rings. The summed E-state index contributed by atoms with van der Waals surface area (Å²) in [5.74, 6) is 4.79. The van der Waals surface area contributed by atoms with Crippen molar-refractivity contribution < 1.29 is 14.2 Å². The number of hydrogen-bond acceptors (Lipinski definition) is 2. The van der Waals surface area contributed by atoms with Crippen LogP contribution in [0.15, 0.2) is 36.4 Å². The van der Waals surface area contributed by atoms with Crippen LogP contribution in [0.5, 0.6) is 5.75 Å². The molecule has 1 N–H and O–H groups in total. The van der Waals surface area contributed by atoms with Crippen molar-refractivity contribution in [2.75, 3.05) is 6.61 Å². The van der Waals surface area contributed by atoms with E-state index in [9.17, 15) is 4.39 Å². The van der Waals surface area contributed by atoms with E-state index in [1.165, 1.54) is 18.2 Å². The van der Waals surface area contributed by atoms with Gasteiger partial charge in [-0.3, -0.25) is 0 Å². The number of hydrogen-bond donors (Lipinski definition) is 1. The maximum absolute atomic E-state index is 13.7. The molecular weight excluding hydrogens is 314 g/mol. The highest BCUT2D eigenvalue weighted by Crippen LogP contribution is 2.24. The molecule has 5 heteroatoms. The summed E-state index contributed by atoms with van der Waals surface area (Å²) in [6.07, 6.45) is 0. The summed E-state index contributed by atoms with van der Waals surface area (Å²) in [5.41, 5.74) is 1.34. The van der Waals surface area contributed by atoms with Crippen LogP contribution >= 0.6 is 23.2 Å². The summed E-state index contributed by atoms with van der Waals surface area (Å²) < 4.78 is 19.1.